The fourth-order valence-corrected chi connectivity index (χ4v) is 2.58. The van der Waals surface area contributed by atoms with Crippen molar-refractivity contribution in [3.05, 3.63) is 53.6 Å². The number of anilines is 2. The highest BCUT2D eigenvalue weighted by atomic mass is 19.4. The molecule has 0 saturated heterocycles. The van der Waals surface area contributed by atoms with Crippen LogP contribution < -0.4 is 15.4 Å². The molecule has 5 nitrogen and oxygen atoms in total. The van der Waals surface area contributed by atoms with Crippen molar-refractivity contribution >= 4 is 23.2 Å². The molecule has 2 aromatic carbocycles. The second-order valence-corrected chi connectivity index (χ2v) is 7.58. The highest BCUT2D eigenvalue weighted by Gasteiger charge is 2.39. The van der Waals surface area contributed by atoms with E-state index in [4.69, 9.17) is 4.74 Å². The number of para-hydroxylation sites is 2. The minimum absolute atomic E-state index is 0.0404. The molecular weight excluding hydrogens is 385 g/mol. The van der Waals surface area contributed by atoms with Crippen molar-refractivity contribution < 1.29 is 27.5 Å². The van der Waals surface area contributed by atoms with Crippen LogP contribution in [0, 0.1) is 6.92 Å². The van der Waals surface area contributed by atoms with Gasteiger partial charge in [-0.2, -0.15) is 13.2 Å². The van der Waals surface area contributed by atoms with E-state index in [2.05, 4.69) is 5.32 Å². The molecule has 156 valence electrons. The lowest BCUT2D eigenvalue weighted by atomic mass is 9.85. The SMILES string of the molecule is Cc1ccc(OCC(=O)Nc2ccccc2NC(=O)C(F)(F)F)c(C(C)(C)C)c1. The van der Waals surface area contributed by atoms with Crippen LogP contribution in [0.1, 0.15) is 31.9 Å². The fraction of sp³-hybridized carbons (Fsp3) is 0.333. The Bertz CT molecular complexity index is 903. The molecule has 0 radical (unpaired) electrons. The zero-order chi connectivity index (χ0) is 21.8. The molecule has 8 heteroatoms. The number of hydrogen-bond donors (Lipinski definition) is 2. The van der Waals surface area contributed by atoms with E-state index in [1.165, 1.54) is 24.3 Å². The fourth-order valence-electron chi connectivity index (χ4n) is 2.58. The summed E-state index contributed by atoms with van der Waals surface area (Å²) >= 11 is 0. The van der Waals surface area contributed by atoms with Crippen LogP contribution in [0.25, 0.3) is 0 Å². The van der Waals surface area contributed by atoms with Crippen LogP contribution in [0.2, 0.25) is 0 Å². The Morgan fingerprint density at radius 2 is 1.55 bits per heavy atom. The number of carbonyl (C=O) groups excluding carboxylic acids is 2. The number of benzene rings is 2. The smallest absolute Gasteiger partial charge is 0.471 e. The number of rotatable bonds is 5. The van der Waals surface area contributed by atoms with Gasteiger partial charge in [0, 0.05) is 0 Å². The quantitative estimate of drug-likeness (QED) is 0.746. The third-order valence-electron chi connectivity index (χ3n) is 4.01. The molecule has 0 aliphatic rings. The van der Waals surface area contributed by atoms with E-state index >= 15 is 0 Å². The molecular formula is C21H23F3N2O3. The summed E-state index contributed by atoms with van der Waals surface area (Å²) in [4.78, 5) is 23.4. The lowest BCUT2D eigenvalue weighted by Crippen LogP contribution is -2.30. The van der Waals surface area contributed by atoms with E-state index in [9.17, 15) is 22.8 Å². The summed E-state index contributed by atoms with van der Waals surface area (Å²) < 4.78 is 43.1. The van der Waals surface area contributed by atoms with Crippen LogP contribution in [-0.4, -0.2) is 24.6 Å². The molecule has 0 aliphatic carbocycles. The summed E-state index contributed by atoms with van der Waals surface area (Å²) in [5.74, 6) is -2.14. The number of alkyl halides is 3. The molecule has 2 amide bonds. The first-order valence-corrected chi connectivity index (χ1v) is 8.89. The van der Waals surface area contributed by atoms with Crippen LogP contribution >= 0.6 is 0 Å². The number of nitrogens with one attached hydrogen (secondary N) is 2. The summed E-state index contributed by atoms with van der Waals surface area (Å²) in [6, 6.07) is 11.2. The maximum atomic E-state index is 12.5. The van der Waals surface area contributed by atoms with Crippen LogP contribution in [-0.2, 0) is 15.0 Å². The summed E-state index contributed by atoms with van der Waals surface area (Å²) in [6.45, 7) is 7.68. The van der Waals surface area contributed by atoms with Gasteiger partial charge in [-0.15, -0.1) is 0 Å². The van der Waals surface area contributed by atoms with Gasteiger partial charge in [0.2, 0.25) is 0 Å². The molecule has 2 aromatic rings. The number of amides is 2. The first-order valence-electron chi connectivity index (χ1n) is 8.89. The summed E-state index contributed by atoms with van der Waals surface area (Å²) in [5.41, 5.74) is 1.67. The van der Waals surface area contributed by atoms with Crippen molar-refractivity contribution in [2.45, 2.75) is 39.3 Å². The van der Waals surface area contributed by atoms with E-state index in [1.54, 1.807) is 11.4 Å². The Morgan fingerprint density at radius 3 is 2.10 bits per heavy atom. The average molecular weight is 408 g/mol. The number of ether oxygens (including phenoxy) is 1. The standard InChI is InChI=1S/C21H23F3N2O3/c1-13-9-10-17(14(11-13)20(2,3)4)29-12-18(27)25-15-7-5-6-8-16(15)26-19(28)21(22,23)24/h5-11H,12H2,1-4H3,(H,25,27)(H,26,28). The Labute approximate surface area is 167 Å². The highest BCUT2D eigenvalue weighted by molar-refractivity contribution is 6.01. The zero-order valence-corrected chi connectivity index (χ0v) is 16.6. The third kappa shape index (κ3) is 6.23. The molecule has 2 rings (SSSR count). The van der Waals surface area contributed by atoms with Crippen molar-refractivity contribution in [1.82, 2.24) is 0 Å². The molecule has 0 aromatic heterocycles. The van der Waals surface area contributed by atoms with E-state index in [0.29, 0.717) is 5.75 Å². The Balaban J connectivity index is 2.09. The normalized spacial score (nSPS) is 11.7. The van der Waals surface area contributed by atoms with Gasteiger partial charge >= 0.3 is 12.1 Å². The maximum Gasteiger partial charge on any atom is 0.471 e. The molecule has 29 heavy (non-hydrogen) atoms. The van der Waals surface area contributed by atoms with Crippen molar-refractivity contribution in [1.29, 1.82) is 0 Å². The monoisotopic (exact) mass is 408 g/mol. The van der Waals surface area contributed by atoms with Gasteiger partial charge < -0.3 is 15.4 Å². The molecule has 0 aliphatic heterocycles. The van der Waals surface area contributed by atoms with Crippen LogP contribution in [0.5, 0.6) is 5.75 Å². The maximum absolute atomic E-state index is 12.5. The molecule has 0 saturated carbocycles. The number of hydrogen-bond acceptors (Lipinski definition) is 3. The summed E-state index contributed by atoms with van der Waals surface area (Å²) in [5, 5.41) is 4.21. The molecule has 0 atom stereocenters. The lowest BCUT2D eigenvalue weighted by molar-refractivity contribution is -0.167. The van der Waals surface area contributed by atoms with Crippen molar-refractivity contribution in [2.24, 2.45) is 0 Å². The summed E-state index contributed by atoms with van der Waals surface area (Å²) in [7, 11) is 0. The minimum Gasteiger partial charge on any atom is -0.483 e. The van der Waals surface area contributed by atoms with Gasteiger partial charge in [-0.25, -0.2) is 0 Å². The Morgan fingerprint density at radius 1 is 0.966 bits per heavy atom. The molecule has 0 bridgehead atoms. The van der Waals surface area contributed by atoms with E-state index in [0.717, 1.165) is 11.1 Å². The predicted octanol–water partition coefficient (Wildman–Crippen LogP) is 4.81. The van der Waals surface area contributed by atoms with E-state index in [1.807, 2.05) is 39.8 Å². The Hall–Kier alpha value is -3.03. The molecule has 0 spiro atoms. The predicted molar refractivity (Wildman–Crippen MR) is 105 cm³/mol. The van der Waals surface area contributed by atoms with Gasteiger partial charge in [0.25, 0.3) is 5.91 Å². The second kappa shape index (κ2) is 8.55. The van der Waals surface area contributed by atoms with Crippen molar-refractivity contribution in [2.75, 3.05) is 17.2 Å². The summed E-state index contributed by atoms with van der Waals surface area (Å²) in [6.07, 6.45) is -5.03. The van der Waals surface area contributed by atoms with Crippen LogP contribution in [0.15, 0.2) is 42.5 Å². The number of halogens is 3. The lowest BCUT2D eigenvalue weighted by Gasteiger charge is -2.23. The van der Waals surface area contributed by atoms with Crippen LogP contribution in [0.3, 0.4) is 0 Å². The topological polar surface area (TPSA) is 67.4 Å². The number of carbonyl (C=O) groups is 2. The van der Waals surface area contributed by atoms with Gasteiger partial charge in [-0.1, -0.05) is 50.6 Å². The van der Waals surface area contributed by atoms with Gasteiger partial charge in [-0.3, -0.25) is 9.59 Å². The Kier molecular flexibility index (Phi) is 6.56. The van der Waals surface area contributed by atoms with Crippen molar-refractivity contribution in [3.63, 3.8) is 0 Å². The van der Waals surface area contributed by atoms with E-state index in [-0.39, 0.29) is 23.4 Å². The molecule has 2 N–H and O–H groups in total. The third-order valence-corrected chi connectivity index (χ3v) is 4.01. The van der Waals surface area contributed by atoms with Crippen LogP contribution in [0.4, 0.5) is 24.5 Å². The number of aryl methyl sites for hydroxylation is 1. The van der Waals surface area contributed by atoms with E-state index < -0.39 is 18.0 Å². The largest absolute Gasteiger partial charge is 0.483 e. The van der Waals surface area contributed by atoms with Crippen molar-refractivity contribution in [3.8, 4) is 5.75 Å². The van der Waals surface area contributed by atoms with Gasteiger partial charge in [0.15, 0.2) is 6.61 Å². The minimum atomic E-state index is -5.03. The second-order valence-electron chi connectivity index (χ2n) is 7.58. The molecule has 0 fully saturated rings. The molecule has 0 unspecified atom stereocenters. The highest BCUT2D eigenvalue weighted by Crippen LogP contribution is 2.32. The van der Waals surface area contributed by atoms with Gasteiger partial charge in [0.05, 0.1) is 11.4 Å². The van der Waals surface area contributed by atoms with Gasteiger partial charge in [0.1, 0.15) is 5.75 Å². The first-order chi connectivity index (χ1) is 13.4. The average Bonchev–Trinajstić information content (AvgIpc) is 2.60. The first kappa shape index (κ1) is 22.3. The zero-order valence-electron chi connectivity index (χ0n) is 16.6. The molecule has 0 heterocycles. The van der Waals surface area contributed by atoms with Gasteiger partial charge in [-0.05, 0) is 36.1 Å².